The maximum atomic E-state index is 12.4. The molecule has 2 aromatic rings. The maximum Gasteiger partial charge on any atom is 0.319 e. The van der Waals surface area contributed by atoms with Crippen LogP contribution in [-0.4, -0.2) is 12.1 Å². The first-order chi connectivity index (χ1) is 11.8. The maximum absolute atomic E-state index is 12.4. The molecule has 2 atom stereocenters. The zero-order valence-corrected chi connectivity index (χ0v) is 13.9. The topological polar surface area (TPSA) is 41.1 Å². The van der Waals surface area contributed by atoms with E-state index in [0.29, 0.717) is 5.92 Å². The molecule has 3 heteroatoms. The van der Waals surface area contributed by atoms with Gasteiger partial charge in [-0.15, -0.1) is 0 Å². The third-order valence-corrected chi connectivity index (χ3v) is 5.43. The molecule has 2 aliphatic carbocycles. The number of carbonyl (C=O) groups excluding carboxylic acids is 1. The smallest absolute Gasteiger partial charge is 0.319 e. The Balaban J connectivity index is 1.35. The second kappa shape index (κ2) is 6.68. The quantitative estimate of drug-likeness (QED) is 0.850. The zero-order valence-electron chi connectivity index (χ0n) is 13.9. The molecule has 0 bridgehead atoms. The van der Waals surface area contributed by atoms with Gasteiger partial charge in [0.05, 0.1) is 0 Å². The highest BCUT2D eigenvalue weighted by atomic mass is 16.2. The van der Waals surface area contributed by atoms with Crippen molar-refractivity contribution in [3.8, 4) is 0 Å². The molecule has 1 fully saturated rings. The summed E-state index contributed by atoms with van der Waals surface area (Å²) in [7, 11) is 0. The summed E-state index contributed by atoms with van der Waals surface area (Å²) in [6.07, 6.45) is 6.63. The Hall–Kier alpha value is -2.29. The molecule has 1 saturated carbocycles. The molecule has 0 aromatic heterocycles. The Morgan fingerprint density at radius 2 is 1.83 bits per heavy atom. The van der Waals surface area contributed by atoms with Gasteiger partial charge in [0.2, 0.25) is 0 Å². The van der Waals surface area contributed by atoms with Crippen molar-refractivity contribution in [1.29, 1.82) is 0 Å². The second-order valence-electron chi connectivity index (χ2n) is 7.01. The van der Waals surface area contributed by atoms with Gasteiger partial charge in [0.25, 0.3) is 0 Å². The third-order valence-electron chi connectivity index (χ3n) is 5.43. The number of fused-ring (bicyclic) bond motifs is 1. The molecule has 0 radical (unpaired) electrons. The van der Waals surface area contributed by atoms with Crippen molar-refractivity contribution in [2.45, 2.75) is 50.5 Å². The summed E-state index contributed by atoms with van der Waals surface area (Å²) in [5.41, 5.74) is 5.09. The lowest BCUT2D eigenvalue weighted by Crippen LogP contribution is -2.36. The van der Waals surface area contributed by atoms with Crippen LogP contribution >= 0.6 is 0 Å². The first-order valence-electron chi connectivity index (χ1n) is 9.03. The second-order valence-corrected chi connectivity index (χ2v) is 7.01. The lowest BCUT2D eigenvalue weighted by Gasteiger charge is -2.16. The van der Waals surface area contributed by atoms with Crippen LogP contribution in [-0.2, 0) is 12.8 Å². The Morgan fingerprint density at radius 1 is 0.958 bits per heavy atom. The van der Waals surface area contributed by atoms with Crippen LogP contribution in [0.1, 0.15) is 48.3 Å². The van der Waals surface area contributed by atoms with Crippen molar-refractivity contribution in [2.24, 2.45) is 0 Å². The number of benzene rings is 2. The van der Waals surface area contributed by atoms with Crippen LogP contribution in [0.5, 0.6) is 0 Å². The van der Waals surface area contributed by atoms with Crippen molar-refractivity contribution >= 4 is 11.7 Å². The normalized spacial score (nSPS) is 22.2. The number of carbonyl (C=O) groups is 1. The first-order valence-corrected chi connectivity index (χ1v) is 9.03. The molecule has 2 aliphatic rings. The molecular weight excluding hydrogens is 296 g/mol. The minimum absolute atomic E-state index is 0.0611. The summed E-state index contributed by atoms with van der Waals surface area (Å²) in [6.45, 7) is 0. The van der Waals surface area contributed by atoms with Gasteiger partial charge < -0.3 is 10.6 Å². The van der Waals surface area contributed by atoms with Crippen LogP contribution in [0.2, 0.25) is 0 Å². The van der Waals surface area contributed by atoms with Gasteiger partial charge in [0, 0.05) is 11.7 Å². The molecular formula is C21H24N2O. The number of nitrogens with one attached hydrogen (secondary N) is 2. The highest BCUT2D eigenvalue weighted by Gasteiger charge is 2.27. The molecule has 2 N–H and O–H groups in total. The van der Waals surface area contributed by atoms with Crippen molar-refractivity contribution in [3.05, 3.63) is 65.2 Å². The predicted octanol–water partition coefficient (Wildman–Crippen LogP) is 4.63. The molecule has 124 valence electrons. The van der Waals surface area contributed by atoms with E-state index in [0.717, 1.165) is 37.8 Å². The lowest BCUT2D eigenvalue weighted by molar-refractivity contribution is 0.248. The number of hydrogen-bond donors (Lipinski definition) is 2. The SMILES string of the molecule is O=C(Nc1cccc2c1CCC2)N[C@H]1CC[C@H](c2ccccc2)C1. The minimum Gasteiger partial charge on any atom is -0.335 e. The van der Waals surface area contributed by atoms with E-state index < -0.39 is 0 Å². The number of rotatable bonds is 3. The Bertz CT molecular complexity index is 726. The predicted molar refractivity (Wildman–Crippen MR) is 97.4 cm³/mol. The van der Waals surface area contributed by atoms with Crippen LogP contribution in [0.25, 0.3) is 0 Å². The van der Waals surface area contributed by atoms with E-state index in [1.807, 2.05) is 12.1 Å². The average molecular weight is 320 g/mol. The summed E-state index contributed by atoms with van der Waals surface area (Å²) in [5, 5.41) is 6.24. The van der Waals surface area contributed by atoms with Crippen LogP contribution in [0.3, 0.4) is 0 Å². The van der Waals surface area contributed by atoms with E-state index in [1.165, 1.54) is 23.1 Å². The van der Waals surface area contributed by atoms with E-state index in [4.69, 9.17) is 0 Å². The Morgan fingerprint density at radius 3 is 2.71 bits per heavy atom. The standard InChI is InChI=1S/C21H24N2O/c24-21(23-20-11-5-9-16-8-4-10-19(16)20)22-18-13-12-17(14-18)15-6-2-1-3-7-15/h1-3,5-7,9,11,17-18H,4,8,10,12-14H2,(H2,22,23,24)/t17-,18-/m0/s1. The summed E-state index contributed by atoms with van der Waals surface area (Å²) < 4.78 is 0. The van der Waals surface area contributed by atoms with E-state index >= 15 is 0 Å². The molecule has 3 nitrogen and oxygen atoms in total. The van der Waals surface area contributed by atoms with Gasteiger partial charge in [-0.2, -0.15) is 0 Å². The summed E-state index contributed by atoms with van der Waals surface area (Å²) in [4.78, 5) is 12.4. The van der Waals surface area contributed by atoms with Crippen LogP contribution in [0.15, 0.2) is 48.5 Å². The fraction of sp³-hybridized carbons (Fsp3) is 0.381. The molecule has 4 rings (SSSR count). The molecule has 24 heavy (non-hydrogen) atoms. The zero-order chi connectivity index (χ0) is 16.4. The number of amides is 2. The van der Waals surface area contributed by atoms with Gasteiger partial charge in [-0.05, 0) is 67.2 Å². The van der Waals surface area contributed by atoms with E-state index in [2.05, 4.69) is 47.0 Å². The van der Waals surface area contributed by atoms with E-state index in [1.54, 1.807) is 0 Å². The minimum atomic E-state index is -0.0611. The highest BCUT2D eigenvalue weighted by Crippen LogP contribution is 2.34. The van der Waals surface area contributed by atoms with Crippen LogP contribution in [0, 0.1) is 0 Å². The van der Waals surface area contributed by atoms with Crippen molar-refractivity contribution in [2.75, 3.05) is 5.32 Å². The fourth-order valence-electron chi connectivity index (χ4n) is 4.22. The molecule has 2 amide bonds. The highest BCUT2D eigenvalue weighted by molar-refractivity contribution is 5.90. The summed E-state index contributed by atoms with van der Waals surface area (Å²) in [6, 6.07) is 17.1. The van der Waals surface area contributed by atoms with E-state index in [-0.39, 0.29) is 12.1 Å². The van der Waals surface area contributed by atoms with Gasteiger partial charge in [-0.25, -0.2) is 4.79 Å². The lowest BCUT2D eigenvalue weighted by atomic mass is 9.98. The number of urea groups is 1. The van der Waals surface area contributed by atoms with E-state index in [9.17, 15) is 4.79 Å². The van der Waals surface area contributed by atoms with Crippen LogP contribution in [0.4, 0.5) is 10.5 Å². The molecule has 2 aromatic carbocycles. The number of anilines is 1. The Labute approximate surface area is 143 Å². The van der Waals surface area contributed by atoms with Crippen LogP contribution < -0.4 is 10.6 Å². The summed E-state index contributed by atoms with van der Waals surface area (Å²) >= 11 is 0. The first kappa shape index (κ1) is 15.3. The molecule has 0 aliphatic heterocycles. The van der Waals surface area contributed by atoms with Crippen molar-refractivity contribution in [1.82, 2.24) is 5.32 Å². The van der Waals surface area contributed by atoms with Gasteiger partial charge in [-0.3, -0.25) is 0 Å². The summed E-state index contributed by atoms with van der Waals surface area (Å²) in [5.74, 6) is 0.567. The molecule has 0 unspecified atom stereocenters. The van der Waals surface area contributed by atoms with Gasteiger partial charge in [0.15, 0.2) is 0 Å². The largest absolute Gasteiger partial charge is 0.335 e. The number of hydrogen-bond acceptors (Lipinski definition) is 1. The Kier molecular flexibility index (Phi) is 4.24. The monoisotopic (exact) mass is 320 g/mol. The molecule has 0 saturated heterocycles. The van der Waals surface area contributed by atoms with Crippen molar-refractivity contribution < 1.29 is 4.79 Å². The van der Waals surface area contributed by atoms with Gasteiger partial charge >= 0.3 is 6.03 Å². The molecule has 0 heterocycles. The van der Waals surface area contributed by atoms with Gasteiger partial charge in [0.1, 0.15) is 0 Å². The van der Waals surface area contributed by atoms with Crippen molar-refractivity contribution in [3.63, 3.8) is 0 Å². The third kappa shape index (κ3) is 3.16. The average Bonchev–Trinajstić information content (AvgIpc) is 3.25. The fourth-order valence-corrected chi connectivity index (χ4v) is 4.22. The number of aryl methyl sites for hydroxylation is 1. The van der Waals surface area contributed by atoms with Gasteiger partial charge in [-0.1, -0.05) is 42.5 Å². The molecule has 0 spiro atoms.